The normalized spacial score (nSPS) is 11.8. The third-order valence-electron chi connectivity index (χ3n) is 8.21. The summed E-state index contributed by atoms with van der Waals surface area (Å²) < 4.78 is 18.2. The number of rotatable bonds is 34. The molecule has 10 heteroatoms. The molecule has 270 valence electrons. The lowest BCUT2D eigenvalue weighted by Gasteiger charge is -2.28. The number of nitrogens with zero attached hydrogens (tertiary/aromatic N) is 4. The zero-order valence-electron chi connectivity index (χ0n) is 31.0. The summed E-state index contributed by atoms with van der Waals surface area (Å²) in [7, 11) is -2.67. The van der Waals surface area contributed by atoms with E-state index in [0.29, 0.717) is 25.8 Å². The first-order valence-electron chi connectivity index (χ1n) is 19.4. The minimum Gasteiger partial charge on any atom is -0.374 e. The highest BCUT2D eigenvalue weighted by Gasteiger charge is 2.39. The van der Waals surface area contributed by atoms with Crippen LogP contribution in [0.1, 0.15) is 164 Å². The van der Waals surface area contributed by atoms with E-state index in [2.05, 4.69) is 31.0 Å². The zero-order chi connectivity index (χ0) is 33.6. The molecule has 0 aromatic carbocycles. The Morgan fingerprint density at radius 2 is 1.04 bits per heavy atom. The average molecular weight is 684 g/mol. The molecule has 46 heavy (non-hydrogen) atoms. The van der Waals surface area contributed by atoms with Gasteiger partial charge in [-0.15, -0.1) is 0 Å². The van der Waals surface area contributed by atoms with Gasteiger partial charge < -0.3 is 23.5 Å². The van der Waals surface area contributed by atoms with Crippen LogP contribution in [0, 0.1) is 0 Å². The molecule has 0 saturated carbocycles. The predicted octanol–water partition coefficient (Wildman–Crippen LogP) is 10.7. The van der Waals surface area contributed by atoms with E-state index < -0.39 is 8.80 Å². The highest BCUT2D eigenvalue weighted by molar-refractivity contribution is 7.99. The Kier molecular flexibility index (Phi) is 28.2. The van der Waals surface area contributed by atoms with Crippen molar-refractivity contribution < 1.29 is 13.3 Å². The van der Waals surface area contributed by atoms with Crippen LogP contribution < -0.4 is 10.2 Å². The van der Waals surface area contributed by atoms with E-state index in [-0.39, 0.29) is 0 Å². The van der Waals surface area contributed by atoms with Gasteiger partial charge in [-0.1, -0.05) is 129 Å². The van der Waals surface area contributed by atoms with E-state index in [1.165, 1.54) is 116 Å². The van der Waals surface area contributed by atoms with Gasteiger partial charge in [0, 0.05) is 51.3 Å². The van der Waals surface area contributed by atoms with Crippen LogP contribution >= 0.6 is 11.8 Å². The molecule has 1 rings (SSSR count). The SMILES string of the molecule is CCCCCCCCSc1nc(NCCC[Si](OCC)(OCC)OCC)nc(N(CCCCCCCC)CCCCCCCC)n1. The van der Waals surface area contributed by atoms with Crippen LogP contribution in [0.3, 0.4) is 0 Å². The van der Waals surface area contributed by atoms with Crippen LogP contribution in [0.2, 0.25) is 6.04 Å². The molecular weight excluding hydrogens is 611 g/mol. The summed E-state index contributed by atoms with van der Waals surface area (Å²) in [5.74, 6) is 2.57. The molecule has 1 N–H and O–H groups in total. The molecular formula is C36H73N5O3SSi. The van der Waals surface area contributed by atoms with E-state index >= 15 is 0 Å². The van der Waals surface area contributed by atoms with Gasteiger partial charge in [0.15, 0.2) is 5.16 Å². The van der Waals surface area contributed by atoms with Crippen LogP contribution in [0.4, 0.5) is 11.9 Å². The van der Waals surface area contributed by atoms with E-state index in [0.717, 1.165) is 49.0 Å². The van der Waals surface area contributed by atoms with Crippen LogP contribution in [0.25, 0.3) is 0 Å². The molecule has 0 aliphatic heterocycles. The van der Waals surface area contributed by atoms with Crippen molar-refractivity contribution in [2.24, 2.45) is 0 Å². The number of hydrogen-bond donors (Lipinski definition) is 1. The van der Waals surface area contributed by atoms with Crippen LogP contribution in [-0.4, -0.2) is 69.0 Å². The fraction of sp³-hybridized carbons (Fsp3) is 0.917. The quantitative estimate of drug-likeness (QED) is 0.0433. The number of hydrogen-bond acceptors (Lipinski definition) is 9. The van der Waals surface area contributed by atoms with Gasteiger partial charge in [-0.2, -0.15) is 15.0 Å². The Bertz CT molecular complexity index is 793. The lowest BCUT2D eigenvalue weighted by molar-refractivity contribution is 0.0710. The average Bonchev–Trinajstić information content (AvgIpc) is 3.05. The maximum absolute atomic E-state index is 6.07. The van der Waals surface area contributed by atoms with Crippen LogP contribution in [0.5, 0.6) is 0 Å². The van der Waals surface area contributed by atoms with Crippen molar-refractivity contribution in [1.82, 2.24) is 15.0 Å². The van der Waals surface area contributed by atoms with Gasteiger partial charge in [-0.25, -0.2) is 0 Å². The van der Waals surface area contributed by atoms with Gasteiger partial charge in [0.2, 0.25) is 11.9 Å². The summed E-state index contributed by atoms with van der Waals surface area (Å²) >= 11 is 1.79. The summed E-state index contributed by atoms with van der Waals surface area (Å²) in [4.78, 5) is 17.4. The monoisotopic (exact) mass is 684 g/mol. The number of aromatic nitrogens is 3. The zero-order valence-corrected chi connectivity index (χ0v) is 32.8. The summed E-state index contributed by atoms with van der Waals surface area (Å²) in [6.45, 7) is 17.4. The number of anilines is 2. The Morgan fingerprint density at radius 3 is 1.54 bits per heavy atom. The first-order chi connectivity index (χ1) is 22.6. The van der Waals surface area contributed by atoms with Gasteiger partial charge in [0.1, 0.15) is 0 Å². The Morgan fingerprint density at radius 1 is 0.565 bits per heavy atom. The standard InChI is InChI=1S/C36H73N5O3SSi/c1-7-13-16-19-22-25-30-41(31-26-23-20-17-14-8-2)35-38-34(39-36(40-35)45-32-27-24-21-18-15-9-3)37-29-28-33-46(42-10-4,43-11-5)44-12-6/h7-33H2,1-6H3,(H,37,38,39,40). The van der Waals surface area contributed by atoms with Crippen molar-refractivity contribution in [3.05, 3.63) is 0 Å². The van der Waals surface area contributed by atoms with Gasteiger partial charge >= 0.3 is 8.80 Å². The topological polar surface area (TPSA) is 81.6 Å². The molecule has 0 bridgehead atoms. The molecule has 1 aromatic rings. The third kappa shape index (κ3) is 21.1. The van der Waals surface area contributed by atoms with Crippen molar-refractivity contribution in [2.45, 2.75) is 175 Å². The highest BCUT2D eigenvalue weighted by atomic mass is 32.2. The molecule has 0 atom stereocenters. The summed E-state index contributed by atoms with van der Waals surface area (Å²) in [5, 5.41) is 4.38. The molecule has 0 spiro atoms. The second kappa shape index (κ2) is 30.1. The van der Waals surface area contributed by atoms with Crippen LogP contribution in [0.15, 0.2) is 5.16 Å². The lowest BCUT2D eigenvalue weighted by Crippen LogP contribution is -2.46. The summed E-state index contributed by atoms with van der Waals surface area (Å²) in [6.07, 6.45) is 24.1. The van der Waals surface area contributed by atoms with Crippen molar-refractivity contribution in [3.8, 4) is 0 Å². The smallest absolute Gasteiger partial charge is 0.374 e. The maximum Gasteiger partial charge on any atom is 0.500 e. The second-order valence-electron chi connectivity index (χ2n) is 12.4. The molecule has 0 unspecified atom stereocenters. The Balaban J connectivity index is 3.01. The van der Waals surface area contributed by atoms with E-state index in [1.807, 2.05) is 20.8 Å². The minimum atomic E-state index is -2.67. The fourth-order valence-electron chi connectivity index (χ4n) is 5.66. The van der Waals surface area contributed by atoms with Crippen molar-refractivity contribution in [2.75, 3.05) is 55.4 Å². The number of unbranched alkanes of at least 4 members (excludes halogenated alkanes) is 15. The molecule has 0 fully saturated rings. The third-order valence-corrected chi connectivity index (χ3v) is 12.3. The predicted molar refractivity (Wildman–Crippen MR) is 201 cm³/mol. The molecule has 1 heterocycles. The summed E-state index contributed by atoms with van der Waals surface area (Å²) in [6, 6.07) is 0.773. The van der Waals surface area contributed by atoms with E-state index in [9.17, 15) is 0 Å². The first kappa shape index (κ1) is 43.1. The Hall–Kier alpha value is -0.943. The minimum absolute atomic E-state index is 0.600. The molecule has 0 aliphatic rings. The van der Waals surface area contributed by atoms with Crippen LogP contribution in [-0.2, 0) is 13.3 Å². The lowest BCUT2D eigenvalue weighted by atomic mass is 10.1. The van der Waals surface area contributed by atoms with Crippen molar-refractivity contribution in [1.29, 1.82) is 0 Å². The van der Waals surface area contributed by atoms with Gasteiger partial charge in [0.05, 0.1) is 0 Å². The molecule has 0 saturated heterocycles. The van der Waals surface area contributed by atoms with E-state index in [1.54, 1.807) is 11.8 Å². The van der Waals surface area contributed by atoms with Gasteiger partial charge in [-0.3, -0.25) is 0 Å². The van der Waals surface area contributed by atoms with Crippen molar-refractivity contribution in [3.63, 3.8) is 0 Å². The largest absolute Gasteiger partial charge is 0.500 e. The number of nitrogens with one attached hydrogen (secondary N) is 1. The maximum atomic E-state index is 6.07. The molecule has 0 amide bonds. The fourth-order valence-corrected chi connectivity index (χ4v) is 9.10. The Labute approximate surface area is 290 Å². The number of thioether (sulfide) groups is 1. The van der Waals surface area contributed by atoms with E-state index in [4.69, 9.17) is 28.2 Å². The molecule has 1 aromatic heterocycles. The van der Waals surface area contributed by atoms with Crippen molar-refractivity contribution >= 4 is 32.5 Å². The second-order valence-corrected chi connectivity index (χ2v) is 16.2. The van der Waals surface area contributed by atoms with Gasteiger partial charge in [-0.05, 0) is 46.5 Å². The highest BCUT2D eigenvalue weighted by Crippen LogP contribution is 2.23. The van der Waals surface area contributed by atoms with Gasteiger partial charge in [0.25, 0.3) is 0 Å². The molecule has 0 aliphatic carbocycles. The molecule has 0 radical (unpaired) electrons. The molecule has 8 nitrogen and oxygen atoms in total. The summed E-state index contributed by atoms with van der Waals surface area (Å²) in [5.41, 5.74) is 0. The first-order valence-corrected chi connectivity index (χ1v) is 22.3.